The minimum Gasteiger partial charge on any atom is -0.0651 e. The number of hydrogen-bond acceptors (Lipinski definition) is 0. The highest BCUT2D eigenvalue weighted by molar-refractivity contribution is 4.64. The van der Waals surface area contributed by atoms with E-state index in [0.717, 1.165) is 23.7 Å². The summed E-state index contributed by atoms with van der Waals surface area (Å²) in [5.74, 6) is 3.61. The summed E-state index contributed by atoms with van der Waals surface area (Å²) in [6.07, 6.45) is 7.10. The molecule has 0 spiro atoms. The first-order valence-electron chi connectivity index (χ1n) is 6.97. The summed E-state index contributed by atoms with van der Waals surface area (Å²) < 4.78 is 0. The second-order valence-corrected chi connectivity index (χ2v) is 6.04. The molecule has 0 nitrogen and oxygen atoms in total. The van der Waals surface area contributed by atoms with E-state index in [-0.39, 0.29) is 0 Å². The van der Waals surface area contributed by atoms with Gasteiger partial charge in [-0.15, -0.1) is 0 Å². The van der Waals surface area contributed by atoms with Gasteiger partial charge in [-0.25, -0.2) is 0 Å². The van der Waals surface area contributed by atoms with Crippen LogP contribution in [0.15, 0.2) is 0 Å². The topological polar surface area (TPSA) is 0 Å². The molecule has 0 N–H and O–H groups in total. The highest BCUT2D eigenvalue weighted by Gasteiger charge is 2.12. The summed E-state index contributed by atoms with van der Waals surface area (Å²) in [5, 5.41) is 0. The first kappa shape index (κ1) is 15.0. The Morgan fingerprint density at radius 3 is 1.67 bits per heavy atom. The fourth-order valence-electron chi connectivity index (χ4n) is 1.95. The zero-order valence-electron chi connectivity index (χ0n) is 11.8. The Bertz CT molecular complexity index is 135. The molecule has 0 rings (SSSR count). The van der Waals surface area contributed by atoms with Crippen LogP contribution < -0.4 is 0 Å². The average molecular weight is 212 g/mol. The van der Waals surface area contributed by atoms with Gasteiger partial charge in [0.1, 0.15) is 0 Å². The Kier molecular flexibility index (Phi) is 8.19. The predicted octanol–water partition coefficient (Wildman–Crippen LogP) is 5.52. The van der Waals surface area contributed by atoms with E-state index in [1.54, 1.807) is 0 Å². The van der Waals surface area contributed by atoms with Gasteiger partial charge in [0.2, 0.25) is 0 Å². The van der Waals surface area contributed by atoms with Gasteiger partial charge >= 0.3 is 0 Å². The van der Waals surface area contributed by atoms with Gasteiger partial charge < -0.3 is 0 Å². The van der Waals surface area contributed by atoms with E-state index in [0.29, 0.717) is 0 Å². The number of hydrogen-bond donors (Lipinski definition) is 0. The molecule has 0 aromatic carbocycles. The van der Waals surface area contributed by atoms with Crippen molar-refractivity contribution in [3.05, 3.63) is 0 Å². The lowest BCUT2D eigenvalue weighted by Gasteiger charge is -2.20. The molecule has 2 atom stereocenters. The lowest BCUT2D eigenvalue weighted by molar-refractivity contribution is 0.316. The van der Waals surface area contributed by atoms with Crippen molar-refractivity contribution in [2.75, 3.05) is 0 Å². The zero-order chi connectivity index (χ0) is 11.8. The third-order valence-corrected chi connectivity index (χ3v) is 3.90. The Morgan fingerprint density at radius 1 is 0.733 bits per heavy atom. The Labute approximate surface area is 97.8 Å². The lowest BCUT2D eigenvalue weighted by Crippen LogP contribution is -2.08. The van der Waals surface area contributed by atoms with E-state index in [2.05, 4.69) is 41.5 Å². The summed E-state index contributed by atoms with van der Waals surface area (Å²) >= 11 is 0. The van der Waals surface area contributed by atoms with Gasteiger partial charge in [0.15, 0.2) is 0 Å². The molecule has 0 aliphatic carbocycles. The van der Waals surface area contributed by atoms with E-state index in [4.69, 9.17) is 0 Å². The van der Waals surface area contributed by atoms with Crippen molar-refractivity contribution in [1.82, 2.24) is 0 Å². The monoisotopic (exact) mass is 212 g/mol. The van der Waals surface area contributed by atoms with Crippen LogP contribution in [-0.2, 0) is 0 Å². The fraction of sp³-hybridized carbons (Fsp3) is 1.00. The highest BCUT2D eigenvalue weighted by Crippen LogP contribution is 2.25. The molecule has 92 valence electrons. The van der Waals surface area contributed by atoms with Crippen LogP contribution in [0.1, 0.15) is 73.6 Å². The maximum absolute atomic E-state index is 2.40. The molecule has 0 saturated carbocycles. The zero-order valence-corrected chi connectivity index (χ0v) is 11.8. The van der Waals surface area contributed by atoms with Crippen molar-refractivity contribution in [3.8, 4) is 0 Å². The molecule has 15 heavy (non-hydrogen) atoms. The maximum atomic E-state index is 2.40. The van der Waals surface area contributed by atoms with Crippen LogP contribution in [0.3, 0.4) is 0 Å². The molecule has 0 aromatic rings. The molecule has 2 unspecified atom stereocenters. The van der Waals surface area contributed by atoms with Gasteiger partial charge in [-0.1, -0.05) is 73.6 Å². The molecule has 0 saturated heterocycles. The van der Waals surface area contributed by atoms with Gasteiger partial charge in [-0.05, 0) is 23.7 Å². The lowest BCUT2D eigenvalue weighted by atomic mass is 9.86. The molecule has 0 aliphatic rings. The van der Waals surface area contributed by atoms with Crippen molar-refractivity contribution < 1.29 is 0 Å². The Morgan fingerprint density at radius 2 is 1.27 bits per heavy atom. The van der Waals surface area contributed by atoms with Crippen molar-refractivity contribution >= 4 is 0 Å². The van der Waals surface area contributed by atoms with E-state index >= 15 is 0 Å². The summed E-state index contributed by atoms with van der Waals surface area (Å²) in [6, 6.07) is 0. The van der Waals surface area contributed by atoms with Gasteiger partial charge in [0.05, 0.1) is 0 Å². The van der Waals surface area contributed by atoms with Crippen molar-refractivity contribution in [1.29, 1.82) is 0 Å². The largest absolute Gasteiger partial charge is 0.0651 e. The normalized spacial score (nSPS) is 16.0. The summed E-state index contributed by atoms with van der Waals surface area (Å²) in [6.45, 7) is 14.1. The molecule has 0 amide bonds. The molecule has 0 aromatic heterocycles. The fourth-order valence-corrected chi connectivity index (χ4v) is 1.95. The van der Waals surface area contributed by atoms with Gasteiger partial charge in [0.25, 0.3) is 0 Å². The summed E-state index contributed by atoms with van der Waals surface area (Å²) in [7, 11) is 0. The van der Waals surface area contributed by atoms with E-state index in [1.165, 1.54) is 32.1 Å². The van der Waals surface area contributed by atoms with Crippen molar-refractivity contribution in [3.63, 3.8) is 0 Å². The van der Waals surface area contributed by atoms with Gasteiger partial charge in [-0.3, -0.25) is 0 Å². The van der Waals surface area contributed by atoms with Gasteiger partial charge in [-0.2, -0.15) is 0 Å². The van der Waals surface area contributed by atoms with Crippen LogP contribution in [0.5, 0.6) is 0 Å². The van der Waals surface area contributed by atoms with E-state index in [1.807, 2.05) is 0 Å². The summed E-state index contributed by atoms with van der Waals surface area (Å²) in [4.78, 5) is 0. The quantitative estimate of drug-likeness (QED) is 0.497. The predicted molar refractivity (Wildman–Crippen MR) is 71.1 cm³/mol. The van der Waals surface area contributed by atoms with Crippen LogP contribution in [0, 0.1) is 23.7 Å². The second kappa shape index (κ2) is 8.19. The smallest absolute Gasteiger partial charge is 0.0417 e. The van der Waals surface area contributed by atoms with Crippen molar-refractivity contribution in [2.24, 2.45) is 23.7 Å². The van der Waals surface area contributed by atoms with E-state index in [9.17, 15) is 0 Å². The maximum Gasteiger partial charge on any atom is -0.0417 e. The third kappa shape index (κ3) is 7.88. The van der Waals surface area contributed by atoms with Crippen LogP contribution in [0.2, 0.25) is 0 Å². The molecule has 0 heterocycles. The highest BCUT2D eigenvalue weighted by atomic mass is 14.2. The molecule has 0 heteroatoms. The first-order valence-corrected chi connectivity index (χ1v) is 6.97. The first-order chi connectivity index (χ1) is 6.97. The third-order valence-electron chi connectivity index (χ3n) is 3.90. The standard InChI is InChI=1S/C15H32/c1-7-15(10-8-12(2)3)11-9-14(6)13(4)5/h12-15H,7-11H2,1-6H3. The van der Waals surface area contributed by atoms with Crippen LogP contribution >= 0.6 is 0 Å². The van der Waals surface area contributed by atoms with Crippen LogP contribution in [-0.4, -0.2) is 0 Å². The minimum atomic E-state index is 0.854. The molecular weight excluding hydrogens is 180 g/mol. The summed E-state index contributed by atoms with van der Waals surface area (Å²) in [5.41, 5.74) is 0. The van der Waals surface area contributed by atoms with Crippen LogP contribution in [0.25, 0.3) is 0 Å². The second-order valence-electron chi connectivity index (χ2n) is 6.04. The molecular formula is C15H32. The molecule has 0 radical (unpaired) electrons. The average Bonchev–Trinajstić information content (AvgIpc) is 2.17. The Balaban J connectivity index is 3.70. The molecule has 0 bridgehead atoms. The molecule has 0 aliphatic heterocycles. The SMILES string of the molecule is CCC(CCC(C)C)CCC(C)C(C)C. The Hall–Kier alpha value is 0. The van der Waals surface area contributed by atoms with Gasteiger partial charge in [0, 0.05) is 0 Å². The van der Waals surface area contributed by atoms with E-state index < -0.39 is 0 Å². The van der Waals surface area contributed by atoms with Crippen LogP contribution in [0.4, 0.5) is 0 Å². The number of rotatable bonds is 8. The minimum absolute atomic E-state index is 0.854. The molecule has 0 fully saturated rings. The van der Waals surface area contributed by atoms with Crippen molar-refractivity contribution in [2.45, 2.75) is 73.6 Å².